The minimum Gasteiger partial charge on any atom is -0.350 e. The van der Waals surface area contributed by atoms with Crippen molar-refractivity contribution in [3.05, 3.63) is 70.4 Å². The lowest BCUT2D eigenvalue weighted by molar-refractivity contribution is 0.0734. The lowest BCUT2D eigenvalue weighted by atomic mass is 9.84. The number of nitrogens with one attached hydrogen (secondary N) is 1. The van der Waals surface area contributed by atoms with Crippen molar-refractivity contribution in [2.75, 3.05) is 26.2 Å². The maximum atomic E-state index is 13.7. The molecule has 4 nitrogen and oxygen atoms in total. The molecule has 2 saturated heterocycles. The Balaban J connectivity index is 0.00000289. The Morgan fingerprint density at radius 1 is 0.857 bits per heavy atom. The van der Waals surface area contributed by atoms with Gasteiger partial charge in [-0.2, -0.15) is 0 Å². The molecule has 3 heterocycles. The van der Waals surface area contributed by atoms with E-state index in [0.717, 1.165) is 56.8 Å². The summed E-state index contributed by atoms with van der Waals surface area (Å²) in [6, 6.07) is 15.1. The van der Waals surface area contributed by atoms with Gasteiger partial charge in [0.2, 0.25) is 0 Å². The Bertz CT molecular complexity index is 1120. The number of rotatable bonds is 4. The van der Waals surface area contributed by atoms with E-state index in [4.69, 9.17) is 0 Å². The average molecular weight is 494 g/mol. The molecule has 0 spiro atoms. The van der Waals surface area contributed by atoms with Crippen molar-refractivity contribution in [1.82, 2.24) is 14.8 Å². The molecule has 3 aromatic rings. The first kappa shape index (κ1) is 25.8. The largest absolute Gasteiger partial charge is 0.350 e. The molecule has 5 rings (SSSR count). The molecule has 1 amide bonds. The van der Waals surface area contributed by atoms with Crippen LogP contribution in [0.15, 0.2) is 42.5 Å². The highest BCUT2D eigenvalue weighted by atomic mass is 35.5. The normalized spacial score (nSPS) is 18.2. The van der Waals surface area contributed by atoms with Crippen molar-refractivity contribution in [2.45, 2.75) is 71.3 Å². The molecule has 1 aromatic heterocycles. The summed E-state index contributed by atoms with van der Waals surface area (Å²) in [5, 5.41) is 1.20. The van der Waals surface area contributed by atoms with E-state index in [1.54, 1.807) is 5.56 Å². The number of aryl methyl sites for hydroxylation is 2. The standard InChI is InChI=1S/C30H39N3O.ClH/c1-22-11-10-12-23(2)28(22)24-15-19-32(20-16-24)21-26-25-13-6-7-14-27(25)31-29(26)30(34)33-17-8-4-3-5-9-18-33;/h6-7,10-14,24,31H,3-5,8-9,15-21H2,1-2H3;1H. The number of likely N-dealkylation sites (tertiary alicyclic amines) is 2. The number of H-pyrrole nitrogens is 1. The van der Waals surface area contributed by atoms with Crippen LogP contribution in [-0.2, 0) is 6.54 Å². The third-order valence-corrected chi connectivity index (χ3v) is 8.09. The second-order valence-corrected chi connectivity index (χ2v) is 10.4. The number of hydrogen-bond donors (Lipinski definition) is 1. The van der Waals surface area contributed by atoms with Gasteiger partial charge < -0.3 is 9.88 Å². The summed E-state index contributed by atoms with van der Waals surface area (Å²) >= 11 is 0. The van der Waals surface area contributed by atoms with E-state index in [1.807, 2.05) is 0 Å². The second-order valence-electron chi connectivity index (χ2n) is 10.4. The molecule has 0 bridgehead atoms. The number of amides is 1. The molecule has 0 radical (unpaired) electrons. The van der Waals surface area contributed by atoms with Gasteiger partial charge in [0.05, 0.1) is 0 Å². The number of carbonyl (C=O) groups is 1. The van der Waals surface area contributed by atoms with E-state index < -0.39 is 0 Å². The minimum atomic E-state index is 0. The van der Waals surface area contributed by atoms with E-state index in [9.17, 15) is 4.79 Å². The van der Waals surface area contributed by atoms with Gasteiger partial charge in [0, 0.05) is 36.1 Å². The van der Waals surface area contributed by atoms with E-state index >= 15 is 0 Å². The summed E-state index contributed by atoms with van der Waals surface area (Å²) < 4.78 is 0. The van der Waals surface area contributed by atoms with Crippen LogP contribution in [0.2, 0.25) is 0 Å². The first-order valence-corrected chi connectivity index (χ1v) is 13.3. The monoisotopic (exact) mass is 493 g/mol. The molecule has 0 saturated carbocycles. The second kappa shape index (κ2) is 11.6. The van der Waals surface area contributed by atoms with Crippen LogP contribution in [0.5, 0.6) is 0 Å². The van der Waals surface area contributed by atoms with Crippen LogP contribution in [-0.4, -0.2) is 46.9 Å². The zero-order valence-electron chi connectivity index (χ0n) is 21.3. The molecule has 188 valence electrons. The number of nitrogens with zero attached hydrogens (tertiary/aromatic N) is 2. The van der Waals surface area contributed by atoms with Crippen LogP contribution in [0.3, 0.4) is 0 Å². The van der Waals surface area contributed by atoms with Crippen LogP contribution in [0.25, 0.3) is 10.9 Å². The number of fused-ring (bicyclic) bond motifs is 1. The molecule has 35 heavy (non-hydrogen) atoms. The van der Waals surface area contributed by atoms with Crippen LogP contribution in [0, 0.1) is 13.8 Å². The highest BCUT2D eigenvalue weighted by Gasteiger charge is 2.27. The minimum absolute atomic E-state index is 0. The topological polar surface area (TPSA) is 39.3 Å². The summed E-state index contributed by atoms with van der Waals surface area (Å²) in [6.07, 6.45) is 8.38. The Morgan fingerprint density at radius 2 is 1.49 bits per heavy atom. The number of hydrogen-bond acceptors (Lipinski definition) is 2. The van der Waals surface area contributed by atoms with E-state index in [2.05, 4.69) is 71.1 Å². The predicted molar refractivity (Wildman–Crippen MR) is 148 cm³/mol. The molecule has 2 fully saturated rings. The number of para-hydroxylation sites is 1. The number of halogens is 1. The molecule has 0 aliphatic carbocycles. The molecule has 2 aliphatic rings. The smallest absolute Gasteiger partial charge is 0.270 e. The van der Waals surface area contributed by atoms with Crippen LogP contribution < -0.4 is 0 Å². The summed E-state index contributed by atoms with van der Waals surface area (Å²) in [5.41, 5.74) is 7.50. The lowest BCUT2D eigenvalue weighted by Gasteiger charge is -2.34. The molecular formula is C30H40ClN3O. The quantitative estimate of drug-likeness (QED) is 0.425. The van der Waals surface area contributed by atoms with Crippen molar-refractivity contribution in [1.29, 1.82) is 0 Å². The van der Waals surface area contributed by atoms with Gasteiger partial charge in [0.15, 0.2) is 0 Å². The third-order valence-electron chi connectivity index (χ3n) is 8.09. The molecule has 0 atom stereocenters. The number of aromatic nitrogens is 1. The van der Waals surface area contributed by atoms with Crippen LogP contribution in [0.4, 0.5) is 0 Å². The van der Waals surface area contributed by atoms with Gasteiger partial charge in [0.1, 0.15) is 5.69 Å². The van der Waals surface area contributed by atoms with Crippen LogP contribution in [0.1, 0.15) is 83.6 Å². The van der Waals surface area contributed by atoms with Crippen molar-refractivity contribution >= 4 is 29.2 Å². The Labute approximate surface area is 216 Å². The SMILES string of the molecule is Cc1cccc(C)c1C1CCN(Cc2c(C(=O)N3CCCCCCC3)[nH]c3ccccc23)CC1.Cl. The molecule has 2 aliphatic heterocycles. The maximum Gasteiger partial charge on any atom is 0.270 e. The van der Waals surface area contributed by atoms with Crippen molar-refractivity contribution in [3.8, 4) is 0 Å². The lowest BCUT2D eigenvalue weighted by Crippen LogP contribution is -2.36. The van der Waals surface area contributed by atoms with E-state index in [1.165, 1.54) is 54.2 Å². The summed E-state index contributed by atoms with van der Waals surface area (Å²) in [7, 11) is 0. The van der Waals surface area contributed by atoms with Crippen molar-refractivity contribution in [2.24, 2.45) is 0 Å². The molecule has 2 aromatic carbocycles. The molecule has 0 unspecified atom stereocenters. The van der Waals surface area contributed by atoms with E-state index in [0.29, 0.717) is 5.92 Å². The fourth-order valence-corrected chi connectivity index (χ4v) is 6.23. The van der Waals surface area contributed by atoms with Gasteiger partial charge in [-0.25, -0.2) is 0 Å². The number of benzene rings is 2. The van der Waals surface area contributed by atoms with Gasteiger partial charge in [-0.05, 0) is 81.3 Å². The van der Waals surface area contributed by atoms with E-state index in [-0.39, 0.29) is 18.3 Å². The zero-order valence-corrected chi connectivity index (χ0v) is 22.1. The van der Waals surface area contributed by atoms with Gasteiger partial charge in [-0.1, -0.05) is 55.7 Å². The Kier molecular flexibility index (Phi) is 8.56. The maximum absolute atomic E-state index is 13.7. The summed E-state index contributed by atoms with van der Waals surface area (Å²) in [4.78, 5) is 21.9. The van der Waals surface area contributed by atoms with Crippen LogP contribution >= 0.6 is 12.4 Å². The number of piperidine rings is 1. The highest BCUT2D eigenvalue weighted by molar-refractivity contribution is 6.01. The van der Waals surface area contributed by atoms with Gasteiger partial charge in [-0.15, -0.1) is 12.4 Å². The Morgan fingerprint density at radius 3 is 2.17 bits per heavy atom. The first-order valence-electron chi connectivity index (χ1n) is 13.3. The summed E-state index contributed by atoms with van der Waals surface area (Å²) in [5.74, 6) is 0.834. The van der Waals surface area contributed by atoms with Gasteiger partial charge in [-0.3, -0.25) is 9.69 Å². The van der Waals surface area contributed by atoms with Gasteiger partial charge in [0.25, 0.3) is 5.91 Å². The zero-order chi connectivity index (χ0) is 23.5. The fraction of sp³-hybridized carbons (Fsp3) is 0.500. The van der Waals surface area contributed by atoms with Gasteiger partial charge >= 0.3 is 0 Å². The highest BCUT2D eigenvalue weighted by Crippen LogP contribution is 2.34. The molecular weight excluding hydrogens is 454 g/mol. The van der Waals surface area contributed by atoms with Crippen molar-refractivity contribution in [3.63, 3.8) is 0 Å². The number of carbonyl (C=O) groups excluding carboxylic acids is 1. The predicted octanol–water partition coefficient (Wildman–Crippen LogP) is 6.99. The average Bonchev–Trinajstić information content (AvgIpc) is 3.18. The third kappa shape index (κ3) is 5.59. The first-order chi connectivity index (χ1) is 16.6. The Hall–Kier alpha value is -2.30. The summed E-state index contributed by atoms with van der Waals surface area (Å²) in [6.45, 7) is 9.28. The fourth-order valence-electron chi connectivity index (χ4n) is 6.23. The van der Waals surface area contributed by atoms with Crippen molar-refractivity contribution < 1.29 is 4.79 Å². The number of aromatic amines is 1. The molecule has 5 heteroatoms. The molecule has 1 N–H and O–H groups in total.